The molecule has 0 saturated heterocycles. The summed E-state index contributed by atoms with van der Waals surface area (Å²) in [6.45, 7) is 4.81. The molecule has 21 heavy (non-hydrogen) atoms. The zero-order valence-corrected chi connectivity index (χ0v) is 13.1. The number of aromatic amines is 1. The van der Waals surface area contributed by atoms with Crippen LogP contribution in [0.15, 0.2) is 23.7 Å². The molecule has 3 heterocycles. The van der Waals surface area contributed by atoms with Gasteiger partial charge in [-0.2, -0.15) is 5.10 Å². The van der Waals surface area contributed by atoms with Gasteiger partial charge in [0.05, 0.1) is 16.6 Å². The minimum Gasteiger partial charge on any atom is -0.334 e. The fourth-order valence-corrected chi connectivity index (χ4v) is 2.71. The second-order valence-electron chi connectivity index (χ2n) is 4.98. The standard InChI is InChI=1S/C14H18N6S/c1-9(15-7-11-8-16-10(2)20(11)3)13-17-14(19-18-13)12-5-4-6-21-12/h4-6,8-9,15H,7H2,1-3H3,(H,17,18,19). The molecular formula is C14H18N6S. The molecule has 0 bridgehead atoms. The number of nitrogens with one attached hydrogen (secondary N) is 2. The van der Waals surface area contributed by atoms with Crippen molar-refractivity contribution >= 4 is 11.3 Å². The third-order valence-electron chi connectivity index (χ3n) is 3.56. The number of aromatic nitrogens is 5. The van der Waals surface area contributed by atoms with Gasteiger partial charge in [0.25, 0.3) is 0 Å². The highest BCUT2D eigenvalue weighted by molar-refractivity contribution is 7.13. The van der Waals surface area contributed by atoms with E-state index in [1.165, 1.54) is 0 Å². The lowest BCUT2D eigenvalue weighted by Crippen LogP contribution is -2.20. The number of H-pyrrole nitrogens is 1. The number of rotatable bonds is 5. The van der Waals surface area contributed by atoms with Crippen molar-refractivity contribution in [2.45, 2.75) is 26.4 Å². The van der Waals surface area contributed by atoms with E-state index < -0.39 is 0 Å². The predicted molar refractivity (Wildman–Crippen MR) is 82.9 cm³/mol. The van der Waals surface area contributed by atoms with E-state index >= 15 is 0 Å². The zero-order chi connectivity index (χ0) is 14.8. The van der Waals surface area contributed by atoms with Gasteiger partial charge in [-0.25, -0.2) is 9.97 Å². The van der Waals surface area contributed by atoms with Gasteiger partial charge in [-0.05, 0) is 25.3 Å². The third kappa shape index (κ3) is 2.88. The summed E-state index contributed by atoms with van der Waals surface area (Å²) in [7, 11) is 2.02. The van der Waals surface area contributed by atoms with E-state index in [0.717, 1.165) is 34.6 Å². The van der Waals surface area contributed by atoms with Crippen molar-refractivity contribution in [3.8, 4) is 10.7 Å². The van der Waals surface area contributed by atoms with Crippen LogP contribution in [0.5, 0.6) is 0 Å². The van der Waals surface area contributed by atoms with Crippen LogP contribution >= 0.6 is 11.3 Å². The van der Waals surface area contributed by atoms with Crippen LogP contribution in [0, 0.1) is 6.92 Å². The van der Waals surface area contributed by atoms with Gasteiger partial charge in [0.15, 0.2) is 5.82 Å². The molecule has 3 aromatic rings. The van der Waals surface area contributed by atoms with Crippen LogP contribution in [-0.2, 0) is 13.6 Å². The summed E-state index contributed by atoms with van der Waals surface area (Å²) in [5, 5.41) is 12.7. The van der Waals surface area contributed by atoms with Gasteiger partial charge in [-0.15, -0.1) is 11.3 Å². The molecule has 1 unspecified atom stereocenters. The number of hydrogen-bond acceptors (Lipinski definition) is 5. The molecule has 0 fully saturated rings. The van der Waals surface area contributed by atoms with Crippen molar-refractivity contribution in [3.05, 3.63) is 41.1 Å². The summed E-state index contributed by atoms with van der Waals surface area (Å²) in [5.74, 6) is 2.61. The third-order valence-corrected chi connectivity index (χ3v) is 4.43. The molecule has 0 aromatic carbocycles. The van der Waals surface area contributed by atoms with E-state index in [1.54, 1.807) is 11.3 Å². The molecule has 0 saturated carbocycles. The highest BCUT2D eigenvalue weighted by Crippen LogP contribution is 2.21. The van der Waals surface area contributed by atoms with E-state index in [2.05, 4.69) is 37.0 Å². The quantitative estimate of drug-likeness (QED) is 0.759. The summed E-state index contributed by atoms with van der Waals surface area (Å²) in [5.41, 5.74) is 1.15. The van der Waals surface area contributed by atoms with Crippen molar-refractivity contribution in [1.82, 2.24) is 30.0 Å². The smallest absolute Gasteiger partial charge is 0.191 e. The Labute approximate surface area is 127 Å². The minimum absolute atomic E-state index is 0.0985. The molecule has 110 valence electrons. The lowest BCUT2D eigenvalue weighted by Gasteiger charge is -2.11. The maximum Gasteiger partial charge on any atom is 0.191 e. The molecule has 0 radical (unpaired) electrons. The molecule has 0 spiro atoms. The molecule has 2 N–H and O–H groups in total. The van der Waals surface area contributed by atoms with Gasteiger partial charge < -0.3 is 9.88 Å². The number of nitrogens with zero attached hydrogens (tertiary/aromatic N) is 4. The van der Waals surface area contributed by atoms with Crippen LogP contribution in [-0.4, -0.2) is 24.7 Å². The van der Waals surface area contributed by atoms with Crippen molar-refractivity contribution in [2.24, 2.45) is 7.05 Å². The first-order chi connectivity index (χ1) is 10.1. The second-order valence-corrected chi connectivity index (χ2v) is 5.93. The fourth-order valence-electron chi connectivity index (χ4n) is 2.05. The summed E-state index contributed by atoms with van der Waals surface area (Å²) >= 11 is 1.64. The molecular weight excluding hydrogens is 284 g/mol. The molecule has 6 nitrogen and oxygen atoms in total. The van der Waals surface area contributed by atoms with Crippen LogP contribution in [0.25, 0.3) is 10.7 Å². The van der Waals surface area contributed by atoms with Gasteiger partial charge in [0.1, 0.15) is 11.6 Å². The monoisotopic (exact) mass is 302 g/mol. The van der Waals surface area contributed by atoms with E-state index in [-0.39, 0.29) is 6.04 Å². The number of hydrogen-bond donors (Lipinski definition) is 2. The fraction of sp³-hybridized carbons (Fsp3) is 0.357. The highest BCUT2D eigenvalue weighted by atomic mass is 32.1. The Morgan fingerprint density at radius 3 is 3.00 bits per heavy atom. The van der Waals surface area contributed by atoms with E-state index in [1.807, 2.05) is 37.7 Å². The van der Waals surface area contributed by atoms with Gasteiger partial charge in [-0.1, -0.05) is 6.07 Å². The van der Waals surface area contributed by atoms with Crippen molar-refractivity contribution in [3.63, 3.8) is 0 Å². The first kappa shape index (κ1) is 14.0. The largest absolute Gasteiger partial charge is 0.334 e. The van der Waals surface area contributed by atoms with Crippen molar-refractivity contribution < 1.29 is 0 Å². The van der Waals surface area contributed by atoms with Gasteiger partial charge in [0, 0.05) is 19.8 Å². The molecule has 3 rings (SSSR count). The molecule has 1 atom stereocenters. The highest BCUT2D eigenvalue weighted by Gasteiger charge is 2.13. The molecule has 3 aromatic heterocycles. The van der Waals surface area contributed by atoms with Crippen LogP contribution in [0.1, 0.15) is 30.3 Å². The first-order valence-electron chi connectivity index (χ1n) is 6.82. The van der Waals surface area contributed by atoms with E-state index in [0.29, 0.717) is 0 Å². The Morgan fingerprint density at radius 1 is 1.48 bits per heavy atom. The Morgan fingerprint density at radius 2 is 2.33 bits per heavy atom. The molecule has 7 heteroatoms. The number of imidazole rings is 1. The normalized spacial score (nSPS) is 12.7. The minimum atomic E-state index is 0.0985. The molecule has 0 amide bonds. The lowest BCUT2D eigenvalue weighted by molar-refractivity contribution is 0.533. The van der Waals surface area contributed by atoms with Crippen LogP contribution < -0.4 is 5.32 Å². The summed E-state index contributed by atoms with van der Waals surface area (Å²) < 4.78 is 2.08. The maximum atomic E-state index is 4.55. The maximum absolute atomic E-state index is 4.55. The van der Waals surface area contributed by atoms with Crippen LogP contribution in [0.2, 0.25) is 0 Å². The summed E-state index contributed by atoms with van der Waals surface area (Å²) in [4.78, 5) is 9.92. The van der Waals surface area contributed by atoms with Crippen LogP contribution in [0.4, 0.5) is 0 Å². The SMILES string of the molecule is Cc1ncc(CNC(C)c2nc(-c3cccs3)n[nH]2)n1C. The summed E-state index contributed by atoms with van der Waals surface area (Å²) in [6.07, 6.45) is 1.90. The Bertz CT molecular complexity index is 712. The van der Waals surface area contributed by atoms with Gasteiger partial charge in [-0.3, -0.25) is 5.10 Å². The first-order valence-corrected chi connectivity index (χ1v) is 7.70. The van der Waals surface area contributed by atoms with Crippen molar-refractivity contribution in [2.75, 3.05) is 0 Å². The van der Waals surface area contributed by atoms with Gasteiger partial charge >= 0.3 is 0 Å². The van der Waals surface area contributed by atoms with Crippen LogP contribution in [0.3, 0.4) is 0 Å². The Kier molecular flexibility index (Phi) is 3.85. The topological polar surface area (TPSA) is 71.4 Å². The molecule has 0 aliphatic carbocycles. The molecule has 0 aliphatic rings. The Hall–Kier alpha value is -1.99. The predicted octanol–water partition coefficient (Wildman–Crippen LogP) is 2.43. The number of aryl methyl sites for hydroxylation is 1. The number of thiophene rings is 1. The Balaban J connectivity index is 1.66. The summed E-state index contributed by atoms with van der Waals surface area (Å²) in [6, 6.07) is 4.12. The lowest BCUT2D eigenvalue weighted by atomic mass is 10.3. The average Bonchev–Trinajstić information content (AvgIpc) is 3.19. The second kappa shape index (κ2) is 5.79. The van der Waals surface area contributed by atoms with Crippen molar-refractivity contribution in [1.29, 1.82) is 0 Å². The molecule has 0 aliphatic heterocycles. The van der Waals surface area contributed by atoms with Gasteiger partial charge in [0.2, 0.25) is 0 Å². The average molecular weight is 302 g/mol. The van der Waals surface area contributed by atoms with E-state index in [4.69, 9.17) is 0 Å². The zero-order valence-electron chi connectivity index (χ0n) is 12.3. The van der Waals surface area contributed by atoms with E-state index in [9.17, 15) is 0 Å².